The summed E-state index contributed by atoms with van der Waals surface area (Å²) in [5.74, 6) is -0.513. The van der Waals surface area contributed by atoms with E-state index in [2.05, 4.69) is 9.97 Å². The van der Waals surface area contributed by atoms with E-state index in [1.807, 2.05) is 0 Å². The summed E-state index contributed by atoms with van der Waals surface area (Å²) in [5.41, 5.74) is 0.486. The Bertz CT molecular complexity index is 511. The average Bonchev–Trinajstić information content (AvgIpc) is 2.69. The van der Waals surface area contributed by atoms with E-state index in [1.165, 1.54) is 20.3 Å². The quantitative estimate of drug-likeness (QED) is 0.873. The van der Waals surface area contributed by atoms with Crippen molar-refractivity contribution in [2.75, 3.05) is 14.2 Å². The van der Waals surface area contributed by atoms with Gasteiger partial charge in [-0.05, 0) is 6.07 Å². The number of carboxylic acids is 1. The minimum atomic E-state index is -0.997. The molecule has 0 saturated carbocycles. The number of ether oxygens (including phenoxy) is 2. The number of nitrogens with zero attached hydrogens (tertiary/aromatic N) is 2. The molecular weight excluding hydrogens is 232 g/mol. The van der Waals surface area contributed by atoms with Crippen LogP contribution in [0.1, 0.15) is 9.67 Å². The molecule has 0 aliphatic carbocycles. The van der Waals surface area contributed by atoms with Crippen molar-refractivity contribution in [1.29, 1.82) is 0 Å². The molecule has 1 N–H and O–H groups in total. The maximum atomic E-state index is 10.8. The van der Waals surface area contributed by atoms with E-state index in [0.29, 0.717) is 10.3 Å². The number of aromatic nitrogens is 2. The predicted octanol–water partition coefficient (Wildman–Crippen LogP) is 1.41. The molecule has 0 atom stereocenters. The Labute approximate surface area is 94.5 Å². The predicted molar refractivity (Wildman–Crippen MR) is 57.5 cm³/mol. The Hall–Kier alpha value is -1.89. The Morgan fingerprint density at radius 1 is 1.31 bits per heavy atom. The zero-order chi connectivity index (χ0) is 11.7. The molecule has 2 heterocycles. The van der Waals surface area contributed by atoms with Crippen LogP contribution in [0.3, 0.4) is 0 Å². The molecule has 0 aliphatic heterocycles. The van der Waals surface area contributed by atoms with Gasteiger partial charge >= 0.3 is 5.97 Å². The second-order valence-electron chi connectivity index (χ2n) is 2.85. The van der Waals surface area contributed by atoms with Crippen LogP contribution in [0.5, 0.6) is 11.8 Å². The molecule has 2 aromatic heterocycles. The summed E-state index contributed by atoms with van der Waals surface area (Å²) in [7, 11) is 2.90. The molecule has 0 saturated heterocycles. The van der Waals surface area contributed by atoms with Gasteiger partial charge in [-0.25, -0.2) is 9.78 Å². The van der Waals surface area contributed by atoms with Crippen molar-refractivity contribution in [3.05, 3.63) is 10.9 Å². The molecule has 6 nitrogen and oxygen atoms in total. The number of fused-ring (bicyclic) bond motifs is 1. The van der Waals surface area contributed by atoms with Gasteiger partial charge in [0.1, 0.15) is 15.2 Å². The van der Waals surface area contributed by atoms with Crippen molar-refractivity contribution in [3.63, 3.8) is 0 Å². The first-order valence-electron chi connectivity index (χ1n) is 4.28. The number of carbonyl (C=O) groups is 1. The molecule has 2 aromatic rings. The van der Waals surface area contributed by atoms with Gasteiger partial charge < -0.3 is 14.6 Å². The van der Waals surface area contributed by atoms with E-state index >= 15 is 0 Å². The lowest BCUT2D eigenvalue weighted by molar-refractivity contribution is 0.0702. The normalized spacial score (nSPS) is 10.4. The summed E-state index contributed by atoms with van der Waals surface area (Å²) in [6, 6.07) is 1.46. The van der Waals surface area contributed by atoms with Crippen LogP contribution in [-0.4, -0.2) is 35.3 Å². The summed E-state index contributed by atoms with van der Waals surface area (Å²) in [4.78, 5) is 19.7. The molecule has 2 rings (SSSR count). The molecule has 0 unspecified atom stereocenters. The molecule has 0 spiro atoms. The van der Waals surface area contributed by atoms with Crippen LogP contribution in [-0.2, 0) is 0 Å². The lowest BCUT2D eigenvalue weighted by atomic mass is 10.4. The number of carboxylic acid groups (broad SMARTS) is 1. The standard InChI is InChI=1S/C9H8N2O4S/c1-14-6-7(15-2)11-8-4(10-6)3-5(16-8)9(12)13/h3H,1-2H3,(H,12,13). The molecule has 0 aliphatic rings. The van der Waals surface area contributed by atoms with Gasteiger partial charge in [0, 0.05) is 0 Å². The zero-order valence-corrected chi connectivity index (χ0v) is 9.37. The summed E-state index contributed by atoms with van der Waals surface area (Å²) in [6.45, 7) is 0. The number of rotatable bonds is 3. The molecule has 0 aromatic carbocycles. The topological polar surface area (TPSA) is 81.5 Å². The van der Waals surface area contributed by atoms with Crippen molar-refractivity contribution in [2.24, 2.45) is 0 Å². The van der Waals surface area contributed by atoms with E-state index in [9.17, 15) is 4.79 Å². The lowest BCUT2D eigenvalue weighted by Gasteiger charge is -2.03. The summed E-state index contributed by atoms with van der Waals surface area (Å²) >= 11 is 1.05. The van der Waals surface area contributed by atoms with Crippen LogP contribution >= 0.6 is 11.3 Å². The number of hydrogen-bond acceptors (Lipinski definition) is 6. The largest absolute Gasteiger partial charge is 0.477 e. The van der Waals surface area contributed by atoms with Gasteiger partial charge in [0.15, 0.2) is 0 Å². The van der Waals surface area contributed by atoms with Crippen LogP contribution in [0.25, 0.3) is 10.3 Å². The second kappa shape index (κ2) is 3.93. The molecule has 0 amide bonds. The minimum absolute atomic E-state index is 0.185. The molecule has 0 bridgehead atoms. The minimum Gasteiger partial charge on any atom is -0.477 e. The van der Waals surface area contributed by atoms with Crippen molar-refractivity contribution in [2.45, 2.75) is 0 Å². The third kappa shape index (κ3) is 1.65. The molecule has 16 heavy (non-hydrogen) atoms. The lowest BCUT2D eigenvalue weighted by Crippen LogP contribution is -1.95. The smallest absolute Gasteiger partial charge is 0.346 e. The first-order valence-corrected chi connectivity index (χ1v) is 5.10. The van der Waals surface area contributed by atoms with Crippen LogP contribution in [0.4, 0.5) is 0 Å². The molecule has 7 heteroatoms. The third-order valence-corrected chi connectivity index (χ3v) is 2.91. The fraction of sp³-hybridized carbons (Fsp3) is 0.222. The maximum Gasteiger partial charge on any atom is 0.346 e. The van der Waals surface area contributed by atoms with Crippen molar-refractivity contribution >= 4 is 27.7 Å². The van der Waals surface area contributed by atoms with Crippen LogP contribution < -0.4 is 9.47 Å². The molecule has 84 valence electrons. The maximum absolute atomic E-state index is 10.8. The number of methoxy groups -OCH3 is 2. The highest BCUT2D eigenvalue weighted by Crippen LogP contribution is 2.29. The van der Waals surface area contributed by atoms with Crippen molar-refractivity contribution in [1.82, 2.24) is 9.97 Å². The van der Waals surface area contributed by atoms with E-state index < -0.39 is 5.97 Å². The van der Waals surface area contributed by atoms with Gasteiger partial charge in [0.25, 0.3) is 11.8 Å². The second-order valence-corrected chi connectivity index (χ2v) is 3.88. The van der Waals surface area contributed by atoms with Gasteiger partial charge in [-0.2, -0.15) is 4.98 Å². The fourth-order valence-corrected chi connectivity index (χ4v) is 2.00. The molecule has 0 radical (unpaired) electrons. The van der Waals surface area contributed by atoms with E-state index in [0.717, 1.165) is 11.3 Å². The average molecular weight is 240 g/mol. The fourth-order valence-electron chi connectivity index (χ4n) is 1.20. The Kier molecular flexibility index (Phi) is 2.61. The van der Waals surface area contributed by atoms with Crippen LogP contribution in [0.2, 0.25) is 0 Å². The highest BCUT2D eigenvalue weighted by atomic mass is 32.1. The van der Waals surface area contributed by atoms with Crippen LogP contribution in [0, 0.1) is 0 Å². The van der Waals surface area contributed by atoms with Gasteiger partial charge in [0.2, 0.25) is 0 Å². The van der Waals surface area contributed by atoms with E-state index in [4.69, 9.17) is 14.6 Å². The van der Waals surface area contributed by atoms with E-state index in [-0.39, 0.29) is 16.6 Å². The number of thiophene rings is 1. The summed E-state index contributed by atoms with van der Waals surface area (Å²) in [5, 5.41) is 8.83. The number of aromatic carboxylic acids is 1. The SMILES string of the molecule is COc1nc2cc(C(=O)O)sc2nc1OC. The molecule has 0 fully saturated rings. The summed E-state index contributed by atoms with van der Waals surface area (Å²) in [6.07, 6.45) is 0. The Balaban J connectivity index is 2.64. The van der Waals surface area contributed by atoms with Crippen molar-refractivity contribution in [3.8, 4) is 11.8 Å². The summed E-state index contributed by atoms with van der Waals surface area (Å²) < 4.78 is 9.95. The van der Waals surface area contributed by atoms with Crippen LogP contribution in [0.15, 0.2) is 6.07 Å². The van der Waals surface area contributed by atoms with Gasteiger partial charge in [-0.1, -0.05) is 0 Å². The first-order chi connectivity index (χ1) is 7.65. The Morgan fingerprint density at radius 3 is 2.50 bits per heavy atom. The third-order valence-electron chi connectivity index (χ3n) is 1.90. The highest BCUT2D eigenvalue weighted by Gasteiger charge is 2.15. The Morgan fingerprint density at radius 2 is 1.94 bits per heavy atom. The monoisotopic (exact) mass is 240 g/mol. The number of hydrogen-bond donors (Lipinski definition) is 1. The highest BCUT2D eigenvalue weighted by molar-refractivity contribution is 7.20. The van der Waals surface area contributed by atoms with Gasteiger partial charge in [0.05, 0.1) is 14.2 Å². The van der Waals surface area contributed by atoms with Gasteiger partial charge in [-0.3, -0.25) is 0 Å². The van der Waals surface area contributed by atoms with Crippen molar-refractivity contribution < 1.29 is 19.4 Å². The van der Waals surface area contributed by atoms with Gasteiger partial charge in [-0.15, -0.1) is 11.3 Å². The zero-order valence-electron chi connectivity index (χ0n) is 8.55. The van der Waals surface area contributed by atoms with E-state index in [1.54, 1.807) is 0 Å². The molecular formula is C9H8N2O4S. The first kappa shape index (κ1) is 10.6.